The fourth-order valence-electron chi connectivity index (χ4n) is 2.91. The number of nitrogens with zero attached hydrogens (tertiary/aromatic N) is 3. The van der Waals surface area contributed by atoms with Gasteiger partial charge >= 0.3 is 12.1 Å². The minimum absolute atomic E-state index is 0.0185. The van der Waals surface area contributed by atoms with Gasteiger partial charge in [-0.15, -0.1) is 0 Å². The van der Waals surface area contributed by atoms with Gasteiger partial charge in [0.25, 0.3) is 0 Å². The number of alkyl halides is 3. The Morgan fingerprint density at radius 2 is 1.83 bits per heavy atom. The Morgan fingerprint density at radius 1 is 1.14 bits per heavy atom. The molecule has 188 valence electrons. The first-order valence-electron chi connectivity index (χ1n) is 9.96. The number of anilines is 1. The maximum atomic E-state index is 14.1. The number of carbonyl (C=O) groups excluding carboxylic acids is 1. The lowest BCUT2D eigenvalue weighted by Crippen LogP contribution is -2.30. The first-order chi connectivity index (χ1) is 16.7. The smallest absolute Gasteiger partial charge is 0.300 e. The fourth-order valence-corrected chi connectivity index (χ4v) is 4.11. The van der Waals surface area contributed by atoms with E-state index in [1.807, 2.05) is 0 Å². The average molecular weight is 541 g/mol. The van der Waals surface area contributed by atoms with Gasteiger partial charge in [-0.05, 0) is 42.7 Å². The summed E-state index contributed by atoms with van der Waals surface area (Å²) in [5.41, 5.74) is 0.370. The number of aromatic nitrogens is 2. The van der Waals surface area contributed by atoms with E-state index in [0.717, 1.165) is 16.6 Å². The van der Waals surface area contributed by atoms with Crippen molar-refractivity contribution in [3.05, 3.63) is 70.3 Å². The molecule has 0 bridgehead atoms. The molecule has 0 atom stereocenters. The maximum absolute atomic E-state index is 14.1. The Morgan fingerprint density at radius 3 is 2.42 bits per heavy atom. The summed E-state index contributed by atoms with van der Waals surface area (Å²) in [7, 11) is -0.956. The van der Waals surface area contributed by atoms with Crippen molar-refractivity contribution >= 4 is 33.3 Å². The molecule has 1 amide bonds. The third kappa shape index (κ3) is 5.81. The molecule has 1 heterocycles. The molecule has 0 radical (unpaired) electrons. The van der Waals surface area contributed by atoms with Gasteiger partial charge in [-0.3, -0.25) is 4.79 Å². The monoisotopic (exact) mass is 540 g/mol. The lowest BCUT2D eigenvalue weighted by molar-refractivity contribution is -0.167. The van der Waals surface area contributed by atoms with Crippen LogP contribution in [0.15, 0.2) is 47.5 Å². The Balaban J connectivity index is 2.14. The first-order valence-corrected chi connectivity index (χ1v) is 11.8. The Bertz CT molecular complexity index is 1490. The van der Waals surface area contributed by atoms with Crippen LogP contribution >= 0.6 is 11.6 Å². The lowest BCUT2D eigenvalue weighted by atomic mass is 10.1. The number of nitrogens with one attached hydrogen (secondary N) is 1. The second-order valence-electron chi connectivity index (χ2n) is 7.52. The molecular formula is C23H17ClF4N4O3S. The molecule has 0 aliphatic heterocycles. The van der Waals surface area contributed by atoms with Crippen molar-refractivity contribution in [3.63, 3.8) is 0 Å². The van der Waals surface area contributed by atoms with Gasteiger partial charge in [0.15, 0.2) is 11.5 Å². The van der Waals surface area contributed by atoms with Crippen molar-refractivity contribution in [2.75, 3.05) is 19.4 Å². The van der Waals surface area contributed by atoms with Crippen molar-refractivity contribution in [3.8, 4) is 23.1 Å². The second kappa shape index (κ2) is 10.2. The number of benzene rings is 2. The van der Waals surface area contributed by atoms with Crippen molar-refractivity contribution in [2.45, 2.75) is 18.0 Å². The quantitative estimate of drug-likeness (QED) is 0.391. The molecule has 7 nitrogen and oxygen atoms in total. The summed E-state index contributed by atoms with van der Waals surface area (Å²) in [5, 5.41) is 1.56. The predicted molar refractivity (Wildman–Crippen MR) is 125 cm³/mol. The number of rotatable bonds is 4. The highest BCUT2D eigenvalue weighted by molar-refractivity contribution is 7.89. The van der Waals surface area contributed by atoms with Crippen LogP contribution in [-0.4, -0.2) is 48.9 Å². The van der Waals surface area contributed by atoms with E-state index < -0.39 is 39.4 Å². The Labute approximate surface area is 209 Å². The van der Waals surface area contributed by atoms with Gasteiger partial charge < -0.3 is 5.32 Å². The Kier molecular flexibility index (Phi) is 7.68. The fraction of sp³-hybridized carbons (Fsp3) is 0.174. The van der Waals surface area contributed by atoms with E-state index >= 15 is 0 Å². The van der Waals surface area contributed by atoms with E-state index in [1.54, 1.807) is 12.2 Å². The van der Waals surface area contributed by atoms with Crippen molar-refractivity contribution in [1.29, 1.82) is 0 Å². The molecule has 0 fully saturated rings. The van der Waals surface area contributed by atoms with E-state index in [2.05, 4.69) is 21.8 Å². The van der Waals surface area contributed by atoms with Gasteiger partial charge in [0.05, 0.1) is 27.4 Å². The number of aryl methyl sites for hydroxylation is 1. The number of hydrogen-bond donors (Lipinski definition) is 1. The summed E-state index contributed by atoms with van der Waals surface area (Å²) >= 11 is 5.95. The number of amides is 1. The molecule has 3 rings (SSSR count). The molecule has 0 aliphatic carbocycles. The standard InChI is InChI=1S/C23H17ClF4N4O3S/c1-13-11-14(36(34,35)32(2)3)7-8-15(13)20-12-29-21(31-22(33)23(26,27)28)19(30-20)10-9-16-17(24)5-4-6-18(16)25/h4-8,11-12H,1-3H3,(H,29,31,33). The topological polar surface area (TPSA) is 92.3 Å². The molecule has 0 aliphatic rings. The van der Waals surface area contributed by atoms with Gasteiger partial charge in [0.1, 0.15) is 5.82 Å². The third-order valence-corrected chi connectivity index (χ3v) is 6.91. The minimum atomic E-state index is -5.20. The van der Waals surface area contributed by atoms with Gasteiger partial charge in [-0.25, -0.2) is 27.1 Å². The molecule has 0 unspecified atom stereocenters. The third-order valence-electron chi connectivity index (χ3n) is 4.78. The molecule has 13 heteroatoms. The first kappa shape index (κ1) is 27.1. The highest BCUT2D eigenvalue weighted by atomic mass is 35.5. The largest absolute Gasteiger partial charge is 0.471 e. The maximum Gasteiger partial charge on any atom is 0.471 e. The van der Waals surface area contributed by atoms with Crippen molar-refractivity contribution in [1.82, 2.24) is 14.3 Å². The zero-order chi connectivity index (χ0) is 26.8. The van der Waals surface area contributed by atoms with Crippen LogP contribution < -0.4 is 5.32 Å². The zero-order valence-corrected chi connectivity index (χ0v) is 20.5. The van der Waals surface area contributed by atoms with Crippen LogP contribution in [0.5, 0.6) is 0 Å². The van der Waals surface area contributed by atoms with E-state index in [1.165, 1.54) is 44.4 Å². The SMILES string of the molecule is Cc1cc(S(=O)(=O)N(C)C)ccc1-c1cnc(NC(=O)C(F)(F)F)c(C#Cc2c(F)cccc2Cl)n1. The van der Waals surface area contributed by atoms with Crippen LogP contribution in [0.25, 0.3) is 11.3 Å². The summed E-state index contributed by atoms with van der Waals surface area (Å²) in [6, 6.07) is 8.00. The molecule has 1 N–H and O–H groups in total. The van der Waals surface area contributed by atoms with E-state index in [-0.39, 0.29) is 21.2 Å². The molecule has 36 heavy (non-hydrogen) atoms. The molecule has 3 aromatic rings. The summed E-state index contributed by atoms with van der Waals surface area (Å²) in [6.07, 6.45) is -4.11. The summed E-state index contributed by atoms with van der Waals surface area (Å²) < 4.78 is 78.3. The lowest BCUT2D eigenvalue weighted by Gasteiger charge is -2.14. The van der Waals surface area contributed by atoms with Crippen LogP contribution in [0, 0.1) is 24.6 Å². The normalized spacial score (nSPS) is 11.7. The van der Waals surface area contributed by atoms with Crippen LogP contribution in [0.3, 0.4) is 0 Å². The summed E-state index contributed by atoms with van der Waals surface area (Å²) in [4.78, 5) is 19.5. The van der Waals surface area contributed by atoms with Crippen molar-refractivity contribution in [2.24, 2.45) is 0 Å². The number of hydrogen-bond acceptors (Lipinski definition) is 5. The molecule has 1 aromatic heterocycles. The van der Waals surface area contributed by atoms with Crippen LogP contribution in [0.2, 0.25) is 5.02 Å². The highest BCUT2D eigenvalue weighted by Gasteiger charge is 2.39. The second-order valence-corrected chi connectivity index (χ2v) is 10.1. The molecule has 2 aromatic carbocycles. The van der Waals surface area contributed by atoms with Gasteiger partial charge in [0, 0.05) is 19.7 Å². The molecule has 0 saturated heterocycles. The van der Waals surface area contributed by atoms with Crippen LogP contribution in [0.1, 0.15) is 16.8 Å². The minimum Gasteiger partial charge on any atom is -0.300 e. The van der Waals surface area contributed by atoms with Crippen molar-refractivity contribution < 1.29 is 30.8 Å². The summed E-state index contributed by atoms with van der Waals surface area (Å²) in [6.45, 7) is 1.61. The molecule has 0 spiro atoms. The van der Waals surface area contributed by atoms with Gasteiger partial charge in [-0.2, -0.15) is 13.2 Å². The average Bonchev–Trinajstić information content (AvgIpc) is 2.78. The highest BCUT2D eigenvalue weighted by Crippen LogP contribution is 2.27. The number of carbonyl (C=O) groups is 1. The van der Waals surface area contributed by atoms with Crippen LogP contribution in [0.4, 0.5) is 23.4 Å². The predicted octanol–water partition coefficient (Wildman–Crippen LogP) is 4.40. The van der Waals surface area contributed by atoms with E-state index in [0.29, 0.717) is 11.1 Å². The van der Waals surface area contributed by atoms with E-state index in [4.69, 9.17) is 11.6 Å². The van der Waals surface area contributed by atoms with Gasteiger partial charge in [-0.1, -0.05) is 29.7 Å². The molecular weight excluding hydrogens is 524 g/mol. The van der Waals surface area contributed by atoms with Crippen LogP contribution in [-0.2, 0) is 14.8 Å². The molecule has 0 saturated carbocycles. The number of sulfonamides is 1. The summed E-state index contributed by atoms with van der Waals surface area (Å²) in [5.74, 6) is 1.15. The Hall–Kier alpha value is -3.53. The zero-order valence-electron chi connectivity index (χ0n) is 18.9. The van der Waals surface area contributed by atoms with Gasteiger partial charge in [0.2, 0.25) is 10.0 Å². The number of halogens is 5. The van der Waals surface area contributed by atoms with E-state index in [9.17, 15) is 30.8 Å².